The number of hydrogen-bond donors (Lipinski definition) is 1. The van der Waals surface area contributed by atoms with E-state index in [1.54, 1.807) is 20.0 Å². The summed E-state index contributed by atoms with van der Waals surface area (Å²) in [6.45, 7) is 4.18. The number of fused-ring (bicyclic) bond motifs is 2. The Kier molecular flexibility index (Phi) is 6.08. The molecule has 8 heteroatoms. The molecule has 1 amide bonds. The molecule has 1 N–H and O–H groups in total. The predicted octanol–water partition coefficient (Wildman–Crippen LogP) is 3.81. The molecule has 1 aliphatic heterocycles. The van der Waals surface area contributed by atoms with Crippen LogP contribution in [0.15, 0.2) is 59.7 Å². The van der Waals surface area contributed by atoms with E-state index < -0.39 is 5.60 Å². The van der Waals surface area contributed by atoms with Gasteiger partial charge in [-0.2, -0.15) is 5.10 Å². The lowest BCUT2D eigenvalue weighted by Crippen LogP contribution is -2.42. The molecule has 0 spiro atoms. The maximum atomic E-state index is 13.7. The lowest BCUT2D eigenvalue weighted by Gasteiger charge is -2.30. The smallest absolute Gasteiger partial charge is 0.261 e. The van der Waals surface area contributed by atoms with Crippen LogP contribution in [0, 0.1) is 0 Å². The average Bonchev–Trinajstić information content (AvgIpc) is 3.45. The van der Waals surface area contributed by atoms with Crippen LogP contribution >= 0.6 is 0 Å². The van der Waals surface area contributed by atoms with E-state index in [1.165, 1.54) is 4.57 Å². The molecular formula is C28H33N5O3. The van der Waals surface area contributed by atoms with Crippen LogP contribution in [0.25, 0.3) is 21.7 Å². The Morgan fingerprint density at radius 1 is 1.19 bits per heavy atom. The third-order valence-electron chi connectivity index (χ3n) is 7.20. The first kappa shape index (κ1) is 24.1. The molecule has 1 aliphatic rings. The van der Waals surface area contributed by atoms with Gasteiger partial charge in [0.1, 0.15) is 6.54 Å². The molecule has 1 fully saturated rings. The van der Waals surface area contributed by atoms with Crippen molar-refractivity contribution in [2.45, 2.75) is 51.3 Å². The van der Waals surface area contributed by atoms with E-state index in [-0.39, 0.29) is 24.1 Å². The predicted molar refractivity (Wildman–Crippen MR) is 143 cm³/mol. The number of pyridine rings is 1. The molecule has 3 heterocycles. The summed E-state index contributed by atoms with van der Waals surface area (Å²) in [6, 6.07) is 13.8. The van der Waals surface area contributed by atoms with Crippen molar-refractivity contribution < 1.29 is 9.90 Å². The Labute approximate surface area is 210 Å². The van der Waals surface area contributed by atoms with Crippen LogP contribution < -0.4 is 10.5 Å². The minimum absolute atomic E-state index is 0.00209. The van der Waals surface area contributed by atoms with E-state index in [9.17, 15) is 14.7 Å². The second-order valence-electron chi connectivity index (χ2n) is 10.5. The second kappa shape index (κ2) is 9.09. The van der Waals surface area contributed by atoms with Gasteiger partial charge < -0.3 is 19.5 Å². The fourth-order valence-corrected chi connectivity index (χ4v) is 5.40. The Hall–Kier alpha value is -3.65. The molecule has 0 saturated carbocycles. The van der Waals surface area contributed by atoms with Crippen molar-refractivity contribution in [1.29, 1.82) is 0 Å². The van der Waals surface area contributed by atoms with Gasteiger partial charge >= 0.3 is 0 Å². The monoisotopic (exact) mass is 487 g/mol. The maximum absolute atomic E-state index is 13.7. The fraction of sp³-hybridized carbons (Fsp3) is 0.393. The lowest BCUT2D eigenvalue weighted by atomic mass is 9.97. The molecule has 2 aromatic carbocycles. The van der Waals surface area contributed by atoms with Gasteiger partial charge in [0.15, 0.2) is 0 Å². The van der Waals surface area contributed by atoms with E-state index in [1.807, 2.05) is 71.2 Å². The van der Waals surface area contributed by atoms with Gasteiger partial charge in [-0.3, -0.25) is 14.3 Å². The molecule has 5 rings (SSSR count). The summed E-state index contributed by atoms with van der Waals surface area (Å²) >= 11 is 0. The number of carbonyl (C=O) groups excluding carboxylic acids is 1. The molecule has 1 saturated heterocycles. The molecule has 8 nitrogen and oxygen atoms in total. The standard InChI is InChI=1S/C28H33N5O3/c1-28(2,36)16-22-8-6-13-33(22)25(34)18-32-14-12-19-7-5-9-24(26(19)27(32)35)30(3)21-10-11-23-20(15-21)17-29-31(23)4/h5,7,9-12,14-15,17,22,36H,6,8,13,16,18H2,1-4H3. The fourth-order valence-electron chi connectivity index (χ4n) is 5.40. The van der Waals surface area contributed by atoms with Crippen LogP contribution in [-0.4, -0.2) is 55.5 Å². The maximum Gasteiger partial charge on any atom is 0.261 e. The normalized spacial score (nSPS) is 16.2. The number of carbonyl (C=O) groups is 1. The van der Waals surface area contributed by atoms with Crippen LogP contribution in [0.1, 0.15) is 33.1 Å². The topological polar surface area (TPSA) is 83.6 Å². The summed E-state index contributed by atoms with van der Waals surface area (Å²) in [5, 5.41) is 17.0. The highest BCUT2D eigenvalue weighted by atomic mass is 16.3. The SMILES string of the molecule is CN(c1ccc2c(cnn2C)c1)c1cccc2ccn(CC(=O)N3CCCC3CC(C)(C)O)c(=O)c12. The van der Waals surface area contributed by atoms with Gasteiger partial charge in [-0.1, -0.05) is 12.1 Å². The molecule has 0 bridgehead atoms. The van der Waals surface area contributed by atoms with Crippen molar-refractivity contribution in [3.63, 3.8) is 0 Å². The second-order valence-corrected chi connectivity index (χ2v) is 10.5. The van der Waals surface area contributed by atoms with Crippen molar-refractivity contribution in [2.75, 3.05) is 18.5 Å². The van der Waals surface area contributed by atoms with Gasteiger partial charge in [0.2, 0.25) is 5.91 Å². The highest BCUT2D eigenvalue weighted by molar-refractivity contribution is 5.96. The lowest BCUT2D eigenvalue weighted by molar-refractivity contribution is -0.133. The van der Waals surface area contributed by atoms with Crippen molar-refractivity contribution in [3.05, 3.63) is 65.2 Å². The number of anilines is 2. The summed E-state index contributed by atoms with van der Waals surface area (Å²) in [5.74, 6) is -0.0870. The zero-order valence-electron chi connectivity index (χ0n) is 21.3. The Morgan fingerprint density at radius 3 is 2.78 bits per heavy atom. The van der Waals surface area contributed by atoms with Gasteiger partial charge in [-0.05, 0) is 68.8 Å². The summed E-state index contributed by atoms with van der Waals surface area (Å²) in [5.41, 5.74) is 1.73. The van der Waals surface area contributed by atoms with Crippen molar-refractivity contribution in [3.8, 4) is 0 Å². The largest absolute Gasteiger partial charge is 0.390 e. The van der Waals surface area contributed by atoms with Crippen LogP contribution in [0.3, 0.4) is 0 Å². The molecule has 1 atom stereocenters. The third kappa shape index (κ3) is 4.48. The van der Waals surface area contributed by atoms with E-state index in [0.29, 0.717) is 18.4 Å². The summed E-state index contributed by atoms with van der Waals surface area (Å²) < 4.78 is 3.34. The van der Waals surface area contributed by atoms with Crippen molar-refractivity contribution >= 4 is 39.0 Å². The number of aromatic nitrogens is 3. The Balaban J connectivity index is 1.47. The number of likely N-dealkylation sites (tertiary alicyclic amines) is 1. The highest BCUT2D eigenvalue weighted by Crippen LogP contribution is 2.31. The minimum Gasteiger partial charge on any atom is -0.390 e. The zero-order valence-corrected chi connectivity index (χ0v) is 21.3. The van der Waals surface area contributed by atoms with Crippen molar-refractivity contribution in [2.24, 2.45) is 7.05 Å². The van der Waals surface area contributed by atoms with Crippen LogP contribution in [0.2, 0.25) is 0 Å². The first-order valence-electron chi connectivity index (χ1n) is 12.4. The first-order valence-corrected chi connectivity index (χ1v) is 12.4. The number of aryl methyl sites for hydroxylation is 1. The van der Waals surface area contributed by atoms with E-state index >= 15 is 0 Å². The molecule has 0 aliphatic carbocycles. The Bertz CT molecular complexity index is 1500. The molecule has 188 valence electrons. The van der Waals surface area contributed by atoms with Gasteiger partial charge in [0.25, 0.3) is 5.56 Å². The van der Waals surface area contributed by atoms with E-state index in [2.05, 4.69) is 11.2 Å². The van der Waals surface area contributed by atoms with Gasteiger partial charge in [0, 0.05) is 44.0 Å². The van der Waals surface area contributed by atoms with Crippen LogP contribution in [0.4, 0.5) is 11.4 Å². The molecule has 36 heavy (non-hydrogen) atoms. The Morgan fingerprint density at radius 2 is 2.00 bits per heavy atom. The van der Waals surface area contributed by atoms with E-state index in [4.69, 9.17) is 0 Å². The third-order valence-corrected chi connectivity index (χ3v) is 7.20. The summed E-state index contributed by atoms with van der Waals surface area (Å²) in [4.78, 5) is 30.7. The molecule has 0 radical (unpaired) electrons. The number of hydrogen-bond acceptors (Lipinski definition) is 5. The number of aliphatic hydroxyl groups is 1. The molecular weight excluding hydrogens is 454 g/mol. The number of amides is 1. The number of nitrogens with zero attached hydrogens (tertiary/aromatic N) is 5. The van der Waals surface area contributed by atoms with Crippen LogP contribution in [-0.2, 0) is 18.4 Å². The quantitative estimate of drug-likeness (QED) is 0.447. The average molecular weight is 488 g/mol. The minimum atomic E-state index is -0.842. The van der Waals surface area contributed by atoms with Gasteiger partial charge in [-0.15, -0.1) is 0 Å². The number of benzene rings is 2. The highest BCUT2D eigenvalue weighted by Gasteiger charge is 2.32. The zero-order chi connectivity index (χ0) is 25.6. The van der Waals surface area contributed by atoms with Crippen molar-refractivity contribution in [1.82, 2.24) is 19.2 Å². The van der Waals surface area contributed by atoms with Gasteiger partial charge in [0.05, 0.1) is 28.4 Å². The molecule has 1 unspecified atom stereocenters. The van der Waals surface area contributed by atoms with Gasteiger partial charge in [-0.25, -0.2) is 0 Å². The molecule has 2 aromatic heterocycles. The number of rotatable bonds is 6. The summed E-state index contributed by atoms with van der Waals surface area (Å²) in [7, 11) is 3.86. The molecule has 4 aromatic rings. The summed E-state index contributed by atoms with van der Waals surface area (Å²) in [6.07, 6.45) is 5.85. The van der Waals surface area contributed by atoms with Crippen LogP contribution in [0.5, 0.6) is 0 Å². The first-order chi connectivity index (χ1) is 17.1. The van der Waals surface area contributed by atoms with E-state index in [0.717, 1.165) is 40.5 Å².